The highest BCUT2D eigenvalue weighted by molar-refractivity contribution is 5.95. The number of aromatic carboxylic acids is 1. The molecule has 0 atom stereocenters. The SMILES string of the molecule is NC(=O)c1ccc(Oc2cccc(C(=O)O)c2N)cc1F. The van der Waals surface area contributed by atoms with Crippen molar-refractivity contribution in [3.05, 3.63) is 53.3 Å². The summed E-state index contributed by atoms with van der Waals surface area (Å²) in [5.74, 6) is -2.81. The number of ether oxygens (including phenoxy) is 1. The van der Waals surface area contributed by atoms with E-state index in [1.165, 1.54) is 30.3 Å². The molecular formula is C14H11FN2O4. The molecule has 21 heavy (non-hydrogen) atoms. The van der Waals surface area contributed by atoms with Gasteiger partial charge in [0.1, 0.15) is 11.6 Å². The summed E-state index contributed by atoms with van der Waals surface area (Å²) in [5, 5.41) is 8.95. The van der Waals surface area contributed by atoms with Gasteiger partial charge in [0, 0.05) is 6.07 Å². The first-order valence-corrected chi connectivity index (χ1v) is 5.79. The van der Waals surface area contributed by atoms with Crippen LogP contribution in [0.15, 0.2) is 36.4 Å². The van der Waals surface area contributed by atoms with Crippen LogP contribution in [-0.2, 0) is 0 Å². The Morgan fingerprint density at radius 3 is 2.43 bits per heavy atom. The molecule has 2 aromatic carbocycles. The summed E-state index contributed by atoms with van der Waals surface area (Å²) in [7, 11) is 0. The number of anilines is 1. The Kier molecular flexibility index (Phi) is 3.75. The van der Waals surface area contributed by atoms with Crippen LogP contribution in [-0.4, -0.2) is 17.0 Å². The lowest BCUT2D eigenvalue weighted by Crippen LogP contribution is -2.12. The van der Waals surface area contributed by atoms with E-state index in [1.54, 1.807) is 0 Å². The van der Waals surface area contributed by atoms with Crippen molar-refractivity contribution in [3.8, 4) is 11.5 Å². The van der Waals surface area contributed by atoms with Crippen molar-refractivity contribution in [3.63, 3.8) is 0 Å². The maximum atomic E-state index is 13.6. The number of carbonyl (C=O) groups is 2. The van der Waals surface area contributed by atoms with Crippen LogP contribution in [0.2, 0.25) is 0 Å². The van der Waals surface area contributed by atoms with Crippen molar-refractivity contribution < 1.29 is 23.8 Å². The molecule has 0 aromatic heterocycles. The summed E-state index contributed by atoms with van der Waals surface area (Å²) in [6.45, 7) is 0. The number of carboxylic acids is 1. The van der Waals surface area contributed by atoms with Gasteiger partial charge < -0.3 is 21.3 Å². The third kappa shape index (κ3) is 2.92. The second-order valence-electron chi connectivity index (χ2n) is 4.13. The molecule has 1 amide bonds. The van der Waals surface area contributed by atoms with Crippen LogP contribution in [0, 0.1) is 5.82 Å². The van der Waals surface area contributed by atoms with E-state index in [0.29, 0.717) is 0 Å². The molecule has 2 aromatic rings. The summed E-state index contributed by atoms with van der Waals surface area (Å²) >= 11 is 0. The summed E-state index contributed by atoms with van der Waals surface area (Å²) in [6, 6.07) is 7.68. The summed E-state index contributed by atoms with van der Waals surface area (Å²) in [4.78, 5) is 21.9. The average molecular weight is 290 g/mol. The minimum Gasteiger partial charge on any atom is -0.478 e. The second kappa shape index (κ2) is 5.49. The molecule has 5 N–H and O–H groups in total. The lowest BCUT2D eigenvalue weighted by molar-refractivity contribution is 0.0697. The van der Waals surface area contributed by atoms with Gasteiger partial charge in [0.15, 0.2) is 5.75 Å². The van der Waals surface area contributed by atoms with Gasteiger partial charge in [-0.1, -0.05) is 6.07 Å². The quantitative estimate of drug-likeness (QED) is 0.745. The number of carbonyl (C=O) groups excluding carboxylic acids is 1. The first kappa shape index (κ1) is 14.3. The highest BCUT2D eigenvalue weighted by Crippen LogP contribution is 2.30. The zero-order valence-corrected chi connectivity index (χ0v) is 10.7. The second-order valence-corrected chi connectivity index (χ2v) is 4.13. The van der Waals surface area contributed by atoms with Crippen LogP contribution in [0.5, 0.6) is 11.5 Å². The first-order chi connectivity index (χ1) is 9.90. The first-order valence-electron chi connectivity index (χ1n) is 5.79. The summed E-state index contributed by atoms with van der Waals surface area (Å²) < 4.78 is 18.9. The number of benzene rings is 2. The van der Waals surface area contributed by atoms with Crippen LogP contribution < -0.4 is 16.2 Å². The highest BCUT2D eigenvalue weighted by Gasteiger charge is 2.14. The van der Waals surface area contributed by atoms with E-state index in [4.69, 9.17) is 21.3 Å². The average Bonchev–Trinajstić information content (AvgIpc) is 2.40. The summed E-state index contributed by atoms with van der Waals surface area (Å²) in [5.41, 5.74) is 10.2. The molecule has 0 aliphatic heterocycles. The number of para-hydroxylation sites is 1. The molecule has 7 heteroatoms. The molecule has 0 radical (unpaired) electrons. The Morgan fingerprint density at radius 1 is 1.14 bits per heavy atom. The van der Waals surface area contributed by atoms with E-state index in [9.17, 15) is 14.0 Å². The van der Waals surface area contributed by atoms with E-state index in [1.807, 2.05) is 0 Å². The molecule has 0 fully saturated rings. The normalized spacial score (nSPS) is 10.1. The van der Waals surface area contributed by atoms with E-state index in [0.717, 1.165) is 6.07 Å². The van der Waals surface area contributed by atoms with Gasteiger partial charge in [0.25, 0.3) is 5.91 Å². The van der Waals surface area contributed by atoms with Crippen molar-refractivity contribution >= 4 is 17.6 Å². The minimum atomic E-state index is -1.20. The Balaban J connectivity index is 2.35. The Bertz CT molecular complexity index is 731. The van der Waals surface area contributed by atoms with Gasteiger partial charge in [-0.15, -0.1) is 0 Å². The van der Waals surface area contributed by atoms with Crippen molar-refractivity contribution in [2.45, 2.75) is 0 Å². The lowest BCUT2D eigenvalue weighted by atomic mass is 10.1. The maximum absolute atomic E-state index is 13.6. The Morgan fingerprint density at radius 2 is 1.86 bits per heavy atom. The van der Waals surface area contributed by atoms with Crippen LogP contribution >= 0.6 is 0 Å². The highest BCUT2D eigenvalue weighted by atomic mass is 19.1. The van der Waals surface area contributed by atoms with Gasteiger partial charge in [-0.3, -0.25) is 4.79 Å². The number of nitrogens with two attached hydrogens (primary N) is 2. The van der Waals surface area contributed by atoms with Gasteiger partial charge in [0.2, 0.25) is 0 Å². The molecule has 0 aliphatic rings. The molecule has 6 nitrogen and oxygen atoms in total. The number of primary amides is 1. The number of amides is 1. The number of carboxylic acid groups (broad SMARTS) is 1. The van der Waals surface area contributed by atoms with Gasteiger partial charge in [-0.05, 0) is 24.3 Å². The number of halogens is 1. The van der Waals surface area contributed by atoms with E-state index < -0.39 is 17.7 Å². The zero-order chi connectivity index (χ0) is 15.6. The molecule has 0 bridgehead atoms. The third-order valence-electron chi connectivity index (χ3n) is 2.73. The molecule has 0 aliphatic carbocycles. The molecule has 0 saturated heterocycles. The smallest absolute Gasteiger partial charge is 0.337 e. The van der Waals surface area contributed by atoms with Crippen LogP contribution in [0.25, 0.3) is 0 Å². The molecule has 0 spiro atoms. The monoisotopic (exact) mass is 290 g/mol. The molecule has 2 rings (SSSR count). The molecule has 0 heterocycles. The minimum absolute atomic E-state index is 0.0618. The van der Waals surface area contributed by atoms with E-state index >= 15 is 0 Å². The maximum Gasteiger partial charge on any atom is 0.337 e. The fourth-order valence-corrected chi connectivity index (χ4v) is 1.71. The fraction of sp³-hybridized carbons (Fsp3) is 0. The van der Waals surface area contributed by atoms with Crippen molar-refractivity contribution in [2.24, 2.45) is 5.73 Å². The standard InChI is InChI=1S/C14H11FN2O4/c15-10-6-7(4-5-8(10)13(17)18)21-11-3-1-2-9(12(11)16)14(19)20/h1-6H,16H2,(H2,17,18)(H,19,20). The fourth-order valence-electron chi connectivity index (χ4n) is 1.71. The molecule has 0 unspecified atom stereocenters. The molecular weight excluding hydrogens is 279 g/mol. The van der Waals surface area contributed by atoms with Crippen LogP contribution in [0.4, 0.5) is 10.1 Å². The van der Waals surface area contributed by atoms with Crippen molar-refractivity contribution in [1.82, 2.24) is 0 Å². The van der Waals surface area contributed by atoms with Crippen LogP contribution in [0.3, 0.4) is 0 Å². The van der Waals surface area contributed by atoms with Gasteiger partial charge in [0.05, 0.1) is 16.8 Å². The van der Waals surface area contributed by atoms with E-state index in [2.05, 4.69) is 0 Å². The number of nitrogen functional groups attached to an aromatic ring is 1. The van der Waals surface area contributed by atoms with E-state index in [-0.39, 0.29) is 28.3 Å². The number of rotatable bonds is 4. The topological polar surface area (TPSA) is 116 Å². The van der Waals surface area contributed by atoms with Gasteiger partial charge in [-0.25, -0.2) is 9.18 Å². The van der Waals surface area contributed by atoms with Crippen molar-refractivity contribution in [1.29, 1.82) is 0 Å². The lowest BCUT2D eigenvalue weighted by Gasteiger charge is -2.10. The Labute approximate surface area is 118 Å². The van der Waals surface area contributed by atoms with Crippen LogP contribution in [0.1, 0.15) is 20.7 Å². The van der Waals surface area contributed by atoms with Gasteiger partial charge in [-0.2, -0.15) is 0 Å². The molecule has 108 valence electrons. The molecule has 0 saturated carbocycles. The Hall–Kier alpha value is -3.09. The largest absolute Gasteiger partial charge is 0.478 e. The zero-order valence-electron chi connectivity index (χ0n) is 10.7. The number of hydrogen-bond acceptors (Lipinski definition) is 4. The van der Waals surface area contributed by atoms with Crippen molar-refractivity contribution in [2.75, 3.05) is 5.73 Å². The third-order valence-corrected chi connectivity index (χ3v) is 2.73. The summed E-state index contributed by atoms with van der Waals surface area (Å²) in [6.07, 6.45) is 0. The number of hydrogen-bond donors (Lipinski definition) is 3. The van der Waals surface area contributed by atoms with Gasteiger partial charge >= 0.3 is 5.97 Å². The predicted molar refractivity (Wildman–Crippen MR) is 72.8 cm³/mol. The predicted octanol–water partition coefficient (Wildman–Crippen LogP) is 2.00.